The molecule has 2 fully saturated rings. The van der Waals surface area contributed by atoms with Crippen LogP contribution in [0.25, 0.3) is 0 Å². The Hall–Kier alpha value is -1.39. The summed E-state index contributed by atoms with van der Waals surface area (Å²) in [5, 5.41) is 16.3. The van der Waals surface area contributed by atoms with Crippen LogP contribution in [0, 0.1) is 0 Å². The van der Waals surface area contributed by atoms with Crippen LogP contribution in [0.4, 0.5) is 0 Å². The molecule has 23 heavy (non-hydrogen) atoms. The molecule has 0 bridgehead atoms. The van der Waals surface area contributed by atoms with Gasteiger partial charge in [0.05, 0.1) is 17.9 Å². The van der Waals surface area contributed by atoms with Crippen molar-refractivity contribution < 1.29 is 9.94 Å². The van der Waals surface area contributed by atoms with Crippen LogP contribution < -0.4 is 5.32 Å². The second-order valence-corrected chi connectivity index (χ2v) is 6.81. The van der Waals surface area contributed by atoms with E-state index in [-0.39, 0.29) is 11.6 Å². The van der Waals surface area contributed by atoms with Crippen LogP contribution in [0.2, 0.25) is 0 Å². The molecule has 2 heterocycles. The molecule has 0 saturated carbocycles. The van der Waals surface area contributed by atoms with Crippen molar-refractivity contribution in [2.24, 2.45) is 5.16 Å². The first-order chi connectivity index (χ1) is 11.3. The molecule has 1 aromatic carbocycles. The Morgan fingerprint density at radius 3 is 2.78 bits per heavy atom. The number of hydrogen-bond donors (Lipinski definition) is 2. The number of piperidine rings is 1. The molecule has 0 amide bonds. The second kappa shape index (κ2) is 7.45. The summed E-state index contributed by atoms with van der Waals surface area (Å²) in [6.07, 6.45) is 6.31. The van der Waals surface area contributed by atoms with Crippen molar-refractivity contribution in [1.82, 2.24) is 5.32 Å². The minimum Gasteiger partial charge on any atom is -0.411 e. The van der Waals surface area contributed by atoms with Gasteiger partial charge >= 0.3 is 0 Å². The Balaban J connectivity index is 1.82. The molecule has 0 spiro atoms. The van der Waals surface area contributed by atoms with Gasteiger partial charge in [0.1, 0.15) is 0 Å². The molecule has 0 radical (unpaired) electrons. The number of unbranched alkanes of at least 4 members (excludes halogenated alkanes) is 2. The number of ether oxygens (including phenoxy) is 1. The molecule has 4 heteroatoms. The first-order valence-electron chi connectivity index (χ1n) is 8.92. The molecular weight excluding hydrogens is 288 g/mol. The number of rotatable bonds is 6. The third kappa shape index (κ3) is 3.29. The van der Waals surface area contributed by atoms with E-state index in [0.29, 0.717) is 5.92 Å². The van der Waals surface area contributed by atoms with Crippen molar-refractivity contribution in [3.05, 3.63) is 35.9 Å². The fourth-order valence-electron chi connectivity index (χ4n) is 4.10. The molecule has 3 rings (SSSR count). The topological polar surface area (TPSA) is 53.9 Å². The molecular formula is C19H28N2O2. The minimum atomic E-state index is -0.160. The van der Waals surface area contributed by atoms with E-state index in [0.717, 1.165) is 38.1 Å². The monoisotopic (exact) mass is 316 g/mol. The number of nitrogens with one attached hydrogen (secondary N) is 1. The van der Waals surface area contributed by atoms with E-state index >= 15 is 0 Å². The summed E-state index contributed by atoms with van der Waals surface area (Å²) in [5.74, 6) is 0.427. The third-order valence-corrected chi connectivity index (χ3v) is 5.46. The Morgan fingerprint density at radius 2 is 2.13 bits per heavy atom. The first kappa shape index (κ1) is 16.5. The van der Waals surface area contributed by atoms with Crippen LogP contribution in [0.3, 0.4) is 0 Å². The first-order valence-corrected chi connectivity index (χ1v) is 8.92. The largest absolute Gasteiger partial charge is 0.411 e. The van der Waals surface area contributed by atoms with Crippen molar-refractivity contribution in [2.45, 2.75) is 63.0 Å². The number of nitrogens with zero attached hydrogens (tertiary/aromatic N) is 1. The number of oxime groups is 1. The smallest absolute Gasteiger partial charge is 0.0928 e. The Kier molecular flexibility index (Phi) is 5.34. The summed E-state index contributed by atoms with van der Waals surface area (Å²) in [6.45, 7) is 3.89. The lowest BCUT2D eigenvalue weighted by Crippen LogP contribution is -2.65. The van der Waals surface area contributed by atoms with Gasteiger partial charge in [0.25, 0.3) is 0 Å². The molecule has 2 N–H and O–H groups in total. The second-order valence-electron chi connectivity index (χ2n) is 6.81. The average Bonchev–Trinajstić information content (AvgIpc) is 2.59. The number of benzene rings is 1. The molecule has 0 aromatic heterocycles. The summed E-state index contributed by atoms with van der Waals surface area (Å²) in [5.41, 5.74) is 2.10. The molecule has 3 atom stereocenters. The predicted octanol–water partition coefficient (Wildman–Crippen LogP) is 3.70. The molecule has 0 aliphatic carbocycles. The lowest BCUT2D eigenvalue weighted by atomic mass is 9.68. The molecule has 3 unspecified atom stereocenters. The predicted molar refractivity (Wildman–Crippen MR) is 92.3 cm³/mol. The Morgan fingerprint density at radius 1 is 1.30 bits per heavy atom. The van der Waals surface area contributed by atoms with Gasteiger partial charge in [0, 0.05) is 31.3 Å². The Bertz CT molecular complexity index is 531. The lowest BCUT2D eigenvalue weighted by Gasteiger charge is -2.55. The van der Waals surface area contributed by atoms with E-state index in [1.54, 1.807) is 0 Å². The van der Waals surface area contributed by atoms with Crippen LogP contribution in [0.5, 0.6) is 0 Å². The van der Waals surface area contributed by atoms with Crippen molar-refractivity contribution >= 4 is 5.71 Å². The fourth-order valence-corrected chi connectivity index (χ4v) is 4.10. The van der Waals surface area contributed by atoms with Crippen molar-refractivity contribution in [3.8, 4) is 0 Å². The average molecular weight is 316 g/mol. The molecule has 2 saturated heterocycles. The van der Waals surface area contributed by atoms with Gasteiger partial charge in [-0.25, -0.2) is 0 Å². The molecule has 2 aliphatic rings. The summed E-state index contributed by atoms with van der Waals surface area (Å²) >= 11 is 0. The SMILES string of the molecule is CCCCCC1(C2CC(=NO)CCN2)OCC1c1ccccc1. The highest BCUT2D eigenvalue weighted by Gasteiger charge is 2.54. The maximum absolute atomic E-state index is 9.18. The summed E-state index contributed by atoms with van der Waals surface area (Å²) in [7, 11) is 0. The summed E-state index contributed by atoms with van der Waals surface area (Å²) < 4.78 is 6.27. The van der Waals surface area contributed by atoms with Crippen LogP contribution in [-0.4, -0.2) is 35.7 Å². The van der Waals surface area contributed by atoms with Crippen LogP contribution >= 0.6 is 0 Å². The normalized spacial score (nSPS) is 32.7. The van der Waals surface area contributed by atoms with E-state index in [2.05, 4.69) is 47.7 Å². The van der Waals surface area contributed by atoms with E-state index in [9.17, 15) is 5.21 Å². The lowest BCUT2D eigenvalue weighted by molar-refractivity contribution is -0.194. The molecule has 126 valence electrons. The summed E-state index contributed by atoms with van der Waals surface area (Å²) in [4.78, 5) is 0. The maximum Gasteiger partial charge on any atom is 0.0928 e. The highest BCUT2D eigenvalue weighted by Crippen LogP contribution is 2.48. The van der Waals surface area contributed by atoms with Crippen molar-refractivity contribution in [3.63, 3.8) is 0 Å². The minimum absolute atomic E-state index is 0.160. The number of hydrogen-bond acceptors (Lipinski definition) is 4. The molecule has 1 aromatic rings. The van der Waals surface area contributed by atoms with Gasteiger partial charge in [-0.2, -0.15) is 0 Å². The molecule has 2 aliphatic heterocycles. The van der Waals surface area contributed by atoms with Crippen molar-refractivity contribution in [1.29, 1.82) is 0 Å². The third-order valence-electron chi connectivity index (χ3n) is 5.46. The van der Waals surface area contributed by atoms with Gasteiger partial charge in [-0.1, -0.05) is 61.7 Å². The zero-order valence-electron chi connectivity index (χ0n) is 14.0. The van der Waals surface area contributed by atoms with Gasteiger partial charge in [-0.15, -0.1) is 0 Å². The van der Waals surface area contributed by atoms with Gasteiger partial charge in [0.2, 0.25) is 0 Å². The van der Waals surface area contributed by atoms with E-state index in [4.69, 9.17) is 4.74 Å². The van der Waals surface area contributed by atoms with Gasteiger partial charge in [0.15, 0.2) is 0 Å². The highest BCUT2D eigenvalue weighted by molar-refractivity contribution is 5.85. The van der Waals surface area contributed by atoms with Crippen molar-refractivity contribution in [2.75, 3.05) is 13.2 Å². The standard InChI is InChI=1S/C19H28N2O2/c1-2-3-7-11-19(18-13-16(21-22)10-12-20-18)17(14-23-19)15-8-5-4-6-9-15/h4-6,8-9,17-18,20,22H,2-3,7,10-14H2,1H3. The Labute approximate surface area is 138 Å². The molecule has 4 nitrogen and oxygen atoms in total. The van der Waals surface area contributed by atoms with Crippen LogP contribution in [0.15, 0.2) is 35.5 Å². The van der Waals surface area contributed by atoms with E-state index < -0.39 is 0 Å². The quantitative estimate of drug-likeness (QED) is 0.478. The van der Waals surface area contributed by atoms with Gasteiger partial charge in [-0.05, 0) is 12.0 Å². The maximum atomic E-state index is 9.18. The van der Waals surface area contributed by atoms with E-state index in [1.807, 2.05) is 0 Å². The van der Waals surface area contributed by atoms with Gasteiger partial charge in [-0.3, -0.25) is 0 Å². The van der Waals surface area contributed by atoms with Gasteiger partial charge < -0.3 is 15.3 Å². The highest BCUT2D eigenvalue weighted by atomic mass is 16.5. The van der Waals surface area contributed by atoms with Crippen LogP contribution in [0.1, 0.15) is 56.9 Å². The summed E-state index contributed by atoms with van der Waals surface area (Å²) in [6, 6.07) is 10.9. The zero-order chi connectivity index (χ0) is 16.1. The zero-order valence-corrected chi connectivity index (χ0v) is 14.0. The van der Waals surface area contributed by atoms with E-state index in [1.165, 1.54) is 24.8 Å². The fraction of sp³-hybridized carbons (Fsp3) is 0.632. The van der Waals surface area contributed by atoms with Crippen LogP contribution in [-0.2, 0) is 4.74 Å².